The summed E-state index contributed by atoms with van der Waals surface area (Å²) in [6.45, 7) is 4.04. The van der Waals surface area contributed by atoms with Crippen molar-refractivity contribution < 1.29 is 9.28 Å². The Morgan fingerprint density at radius 3 is 1.81 bits per heavy atom. The number of rotatable bonds is 18. The lowest BCUT2D eigenvalue weighted by Crippen LogP contribution is -2.41. The minimum Gasteiger partial charge on any atom is -0.350 e. The number of allylic oxidation sites excluding steroid dienone is 2. The van der Waals surface area contributed by atoms with Crippen LogP contribution in [0.25, 0.3) is 0 Å². The smallest absolute Gasteiger partial charge is 0.220 e. The first-order valence-corrected chi connectivity index (χ1v) is 11.2. The zero-order valence-corrected chi connectivity index (χ0v) is 18.3. The van der Waals surface area contributed by atoms with Gasteiger partial charge in [-0.1, -0.05) is 70.4 Å². The normalized spacial score (nSPS) is 12.0. The van der Waals surface area contributed by atoms with Crippen molar-refractivity contribution in [3.63, 3.8) is 0 Å². The summed E-state index contributed by atoms with van der Waals surface area (Å²) in [7, 11) is 6.45. The molecule has 0 aliphatic heterocycles. The molecule has 3 nitrogen and oxygen atoms in total. The van der Waals surface area contributed by atoms with Gasteiger partial charge in [-0.15, -0.1) is 0 Å². The predicted molar refractivity (Wildman–Crippen MR) is 115 cm³/mol. The summed E-state index contributed by atoms with van der Waals surface area (Å²) in [6, 6.07) is 0. The minimum atomic E-state index is 0.219. The first-order valence-electron chi connectivity index (χ1n) is 11.2. The zero-order valence-electron chi connectivity index (χ0n) is 18.3. The van der Waals surface area contributed by atoms with Crippen molar-refractivity contribution in [2.45, 2.75) is 96.8 Å². The highest BCUT2D eigenvalue weighted by molar-refractivity contribution is 5.75. The number of likely N-dealkylation sites (N-methyl/N-ethyl adjacent to an activating group) is 1. The number of carbonyl (C=O) groups excluding carboxylic acids is 1. The van der Waals surface area contributed by atoms with Crippen LogP contribution in [0.4, 0.5) is 0 Å². The minimum absolute atomic E-state index is 0.219. The van der Waals surface area contributed by atoms with Gasteiger partial charge in [0.1, 0.15) is 0 Å². The molecule has 0 unspecified atom stereocenters. The molecule has 0 aliphatic rings. The van der Waals surface area contributed by atoms with Crippen LogP contribution in [0.5, 0.6) is 0 Å². The van der Waals surface area contributed by atoms with Gasteiger partial charge in [-0.05, 0) is 32.1 Å². The summed E-state index contributed by atoms with van der Waals surface area (Å²) in [4.78, 5) is 11.7. The van der Waals surface area contributed by atoms with Crippen LogP contribution in [-0.4, -0.2) is 44.6 Å². The van der Waals surface area contributed by atoms with Gasteiger partial charge in [0.2, 0.25) is 5.91 Å². The molecular weight excluding hydrogens is 320 g/mol. The van der Waals surface area contributed by atoms with E-state index in [-0.39, 0.29) is 5.91 Å². The van der Waals surface area contributed by atoms with E-state index in [0.29, 0.717) is 6.42 Å². The summed E-state index contributed by atoms with van der Waals surface area (Å²) in [6.07, 6.45) is 22.3. The fourth-order valence-corrected chi connectivity index (χ4v) is 2.98. The predicted octanol–water partition coefficient (Wildman–Crippen LogP) is 5.85. The molecular formula is C23H47N2O+. The number of amides is 1. The SMILES string of the molecule is CCCCCCCC/C=C\CCCCCCCC(=O)NCC[N+](C)(C)C. The van der Waals surface area contributed by atoms with Crippen molar-refractivity contribution in [3.05, 3.63) is 12.2 Å². The molecule has 0 heterocycles. The van der Waals surface area contributed by atoms with Crippen LogP contribution in [0, 0.1) is 0 Å². The molecule has 0 saturated carbocycles. The van der Waals surface area contributed by atoms with Crippen LogP contribution in [-0.2, 0) is 4.79 Å². The lowest BCUT2D eigenvalue weighted by molar-refractivity contribution is -0.869. The van der Waals surface area contributed by atoms with Gasteiger partial charge in [0.15, 0.2) is 0 Å². The Morgan fingerprint density at radius 2 is 1.27 bits per heavy atom. The largest absolute Gasteiger partial charge is 0.350 e. The van der Waals surface area contributed by atoms with Gasteiger partial charge in [-0.25, -0.2) is 0 Å². The second-order valence-corrected chi connectivity index (χ2v) is 8.70. The van der Waals surface area contributed by atoms with Crippen LogP contribution in [0.15, 0.2) is 12.2 Å². The molecule has 0 bridgehead atoms. The summed E-state index contributed by atoms with van der Waals surface area (Å²) >= 11 is 0. The summed E-state index contributed by atoms with van der Waals surface area (Å²) in [5.41, 5.74) is 0. The third-order valence-corrected chi connectivity index (χ3v) is 4.77. The van der Waals surface area contributed by atoms with Crippen LogP contribution in [0.3, 0.4) is 0 Å². The second-order valence-electron chi connectivity index (χ2n) is 8.70. The molecule has 0 aromatic rings. The Labute approximate surface area is 164 Å². The highest BCUT2D eigenvalue weighted by Crippen LogP contribution is 2.09. The van der Waals surface area contributed by atoms with E-state index in [4.69, 9.17) is 0 Å². The van der Waals surface area contributed by atoms with Crippen LogP contribution >= 0.6 is 0 Å². The molecule has 1 amide bonds. The number of nitrogens with zero attached hydrogens (tertiary/aromatic N) is 1. The van der Waals surface area contributed by atoms with Gasteiger partial charge in [0.05, 0.1) is 34.2 Å². The van der Waals surface area contributed by atoms with Crippen LogP contribution in [0.1, 0.15) is 96.8 Å². The Hall–Kier alpha value is -0.830. The van der Waals surface area contributed by atoms with E-state index in [9.17, 15) is 4.79 Å². The Bertz CT molecular complexity index is 345. The van der Waals surface area contributed by atoms with E-state index < -0.39 is 0 Å². The lowest BCUT2D eigenvalue weighted by Gasteiger charge is -2.23. The maximum absolute atomic E-state index is 11.7. The van der Waals surface area contributed by atoms with Crippen molar-refractivity contribution in [2.75, 3.05) is 34.2 Å². The first-order chi connectivity index (χ1) is 12.5. The molecule has 154 valence electrons. The molecule has 0 fully saturated rings. The molecule has 0 aromatic carbocycles. The number of nitrogens with one attached hydrogen (secondary N) is 1. The summed E-state index contributed by atoms with van der Waals surface area (Å²) in [5, 5.41) is 3.03. The molecule has 3 heteroatoms. The van der Waals surface area contributed by atoms with E-state index in [0.717, 1.165) is 24.0 Å². The van der Waals surface area contributed by atoms with E-state index in [1.807, 2.05) is 0 Å². The third kappa shape index (κ3) is 21.2. The molecule has 26 heavy (non-hydrogen) atoms. The average molecular weight is 368 g/mol. The van der Waals surface area contributed by atoms with Gasteiger partial charge in [0, 0.05) is 6.42 Å². The van der Waals surface area contributed by atoms with Crippen molar-refractivity contribution in [1.82, 2.24) is 5.32 Å². The van der Waals surface area contributed by atoms with Gasteiger partial charge in [-0.3, -0.25) is 4.79 Å². The number of hydrogen-bond acceptors (Lipinski definition) is 1. The highest BCUT2D eigenvalue weighted by Gasteiger charge is 2.07. The van der Waals surface area contributed by atoms with E-state index in [2.05, 4.69) is 45.5 Å². The van der Waals surface area contributed by atoms with Gasteiger partial charge >= 0.3 is 0 Å². The summed E-state index contributed by atoms with van der Waals surface area (Å²) in [5.74, 6) is 0.219. The van der Waals surface area contributed by atoms with E-state index in [1.165, 1.54) is 77.0 Å². The number of unbranched alkanes of at least 4 members (excludes halogenated alkanes) is 11. The van der Waals surface area contributed by atoms with Gasteiger partial charge in [-0.2, -0.15) is 0 Å². The number of hydrogen-bond donors (Lipinski definition) is 1. The average Bonchev–Trinajstić information content (AvgIpc) is 2.57. The lowest BCUT2D eigenvalue weighted by atomic mass is 10.1. The second kappa shape index (κ2) is 17.6. The molecule has 0 aromatic heterocycles. The number of carbonyl (C=O) groups is 1. The number of quaternary nitrogens is 1. The molecule has 0 radical (unpaired) electrons. The fraction of sp³-hybridized carbons (Fsp3) is 0.870. The Kier molecular flexibility index (Phi) is 17.0. The van der Waals surface area contributed by atoms with Gasteiger partial charge in [0.25, 0.3) is 0 Å². The molecule has 0 spiro atoms. The maximum atomic E-state index is 11.7. The first kappa shape index (κ1) is 25.2. The van der Waals surface area contributed by atoms with Crippen molar-refractivity contribution in [1.29, 1.82) is 0 Å². The molecule has 0 atom stereocenters. The quantitative estimate of drug-likeness (QED) is 0.184. The molecule has 0 rings (SSSR count). The topological polar surface area (TPSA) is 29.1 Å². The van der Waals surface area contributed by atoms with E-state index in [1.54, 1.807) is 0 Å². The summed E-state index contributed by atoms with van der Waals surface area (Å²) < 4.78 is 0.897. The van der Waals surface area contributed by atoms with Crippen molar-refractivity contribution in [2.24, 2.45) is 0 Å². The van der Waals surface area contributed by atoms with Crippen LogP contribution in [0.2, 0.25) is 0 Å². The van der Waals surface area contributed by atoms with Gasteiger partial charge < -0.3 is 9.80 Å². The van der Waals surface area contributed by atoms with Crippen molar-refractivity contribution >= 4 is 5.91 Å². The third-order valence-electron chi connectivity index (χ3n) is 4.77. The molecule has 0 aliphatic carbocycles. The maximum Gasteiger partial charge on any atom is 0.220 e. The van der Waals surface area contributed by atoms with E-state index >= 15 is 0 Å². The van der Waals surface area contributed by atoms with Crippen LogP contribution < -0.4 is 5.32 Å². The monoisotopic (exact) mass is 367 g/mol. The highest BCUT2D eigenvalue weighted by atomic mass is 16.1. The zero-order chi connectivity index (χ0) is 19.5. The molecule has 1 N–H and O–H groups in total. The van der Waals surface area contributed by atoms with Crippen molar-refractivity contribution in [3.8, 4) is 0 Å². The molecule has 0 saturated heterocycles. The fourth-order valence-electron chi connectivity index (χ4n) is 2.98. The Balaban J connectivity index is 3.25. The standard InChI is InChI=1S/C23H46N2O/c1-5-6-7-8-9-10-11-12-13-14-15-16-17-18-19-20-23(26)24-21-22-25(2,3)4/h12-13H,5-11,14-22H2,1-4H3/p+1/b13-12-. The Morgan fingerprint density at radius 1 is 0.769 bits per heavy atom.